The Balaban J connectivity index is 1.50. The summed E-state index contributed by atoms with van der Waals surface area (Å²) in [6.45, 7) is 2.09. The van der Waals surface area contributed by atoms with Gasteiger partial charge >= 0.3 is 0 Å². The molecule has 0 fully saturated rings. The normalized spacial score (nSPS) is 14.1. The van der Waals surface area contributed by atoms with Gasteiger partial charge in [0, 0.05) is 21.5 Å². The van der Waals surface area contributed by atoms with E-state index in [9.17, 15) is 9.90 Å². The average molecular weight is 519 g/mol. The first-order valence-corrected chi connectivity index (χ1v) is 12.6. The molecule has 3 heteroatoms. The van der Waals surface area contributed by atoms with Gasteiger partial charge in [-0.3, -0.25) is 4.79 Å². The van der Waals surface area contributed by atoms with Crippen molar-refractivity contribution >= 4 is 32.5 Å². The van der Waals surface area contributed by atoms with Crippen LogP contribution in [0.25, 0.3) is 21.9 Å². The predicted octanol–water partition coefficient (Wildman–Crippen LogP) is 8.26. The molecule has 35 heavy (non-hydrogen) atoms. The first-order chi connectivity index (χ1) is 17.0. The number of carbonyl (C=O) groups is 1. The molecule has 5 aromatic rings. The molecule has 0 aliphatic heterocycles. The summed E-state index contributed by atoms with van der Waals surface area (Å²) in [7, 11) is 0. The lowest BCUT2D eigenvalue weighted by molar-refractivity contribution is 0.103. The standard InChI is InChI=1S/C32H23BrO2/c1-2-19-17-23(11-16-29(19)33)32(35)22-10-14-25-21(18-22)9-15-28-26-5-3-4-6-27(26)30(31(25)28)20-7-12-24(34)13-8-20/h3-18,30,34H,2H2,1H3. The fraction of sp³-hybridized carbons (Fsp3) is 0.0938. The van der Waals surface area contributed by atoms with Gasteiger partial charge in [-0.25, -0.2) is 0 Å². The molecule has 5 aromatic carbocycles. The molecular weight excluding hydrogens is 496 g/mol. The highest BCUT2D eigenvalue weighted by atomic mass is 79.9. The van der Waals surface area contributed by atoms with Crippen LogP contribution in [0.2, 0.25) is 0 Å². The minimum absolute atomic E-state index is 0.0352. The van der Waals surface area contributed by atoms with Gasteiger partial charge in [0.05, 0.1) is 0 Å². The third kappa shape index (κ3) is 3.59. The van der Waals surface area contributed by atoms with Gasteiger partial charge in [-0.15, -0.1) is 0 Å². The molecular formula is C32H23BrO2. The highest BCUT2D eigenvalue weighted by molar-refractivity contribution is 9.10. The zero-order chi connectivity index (χ0) is 24.1. The van der Waals surface area contributed by atoms with Crippen LogP contribution < -0.4 is 0 Å². The van der Waals surface area contributed by atoms with E-state index in [2.05, 4.69) is 65.3 Å². The van der Waals surface area contributed by atoms with Crippen molar-refractivity contribution in [2.75, 3.05) is 0 Å². The molecule has 1 atom stereocenters. The van der Waals surface area contributed by atoms with Crippen LogP contribution in [-0.2, 0) is 6.42 Å². The number of ketones is 1. The largest absolute Gasteiger partial charge is 0.508 e. The molecule has 1 aliphatic carbocycles. The Bertz CT molecular complexity index is 1620. The molecule has 0 bridgehead atoms. The van der Waals surface area contributed by atoms with Crippen LogP contribution in [0.1, 0.15) is 51.0 Å². The second-order valence-corrected chi connectivity index (χ2v) is 9.92. The molecule has 1 unspecified atom stereocenters. The summed E-state index contributed by atoms with van der Waals surface area (Å²) in [6.07, 6.45) is 0.866. The zero-order valence-electron chi connectivity index (χ0n) is 19.3. The van der Waals surface area contributed by atoms with Crippen LogP contribution in [-0.4, -0.2) is 10.9 Å². The van der Waals surface area contributed by atoms with Gasteiger partial charge in [0.2, 0.25) is 0 Å². The summed E-state index contributed by atoms with van der Waals surface area (Å²) in [5.41, 5.74) is 8.66. The van der Waals surface area contributed by atoms with Crippen LogP contribution in [0.15, 0.2) is 102 Å². The van der Waals surface area contributed by atoms with E-state index in [1.807, 2.05) is 42.5 Å². The molecule has 6 rings (SSSR count). The van der Waals surface area contributed by atoms with Crippen molar-refractivity contribution in [1.82, 2.24) is 0 Å². The predicted molar refractivity (Wildman–Crippen MR) is 145 cm³/mol. The Kier molecular flexibility index (Phi) is 5.31. The summed E-state index contributed by atoms with van der Waals surface area (Å²) in [6, 6.07) is 32.2. The number of fused-ring (bicyclic) bond motifs is 5. The SMILES string of the molecule is CCc1cc(C(=O)c2ccc3c4c(ccc3c2)-c2ccccc2C4c2ccc(O)cc2)ccc1Br. The zero-order valence-corrected chi connectivity index (χ0v) is 20.8. The number of aryl methyl sites for hydroxylation is 1. The molecule has 0 aromatic heterocycles. The van der Waals surface area contributed by atoms with Gasteiger partial charge in [-0.2, -0.15) is 0 Å². The molecule has 0 saturated heterocycles. The van der Waals surface area contributed by atoms with E-state index >= 15 is 0 Å². The van der Waals surface area contributed by atoms with Crippen LogP contribution in [0.5, 0.6) is 5.75 Å². The first-order valence-electron chi connectivity index (χ1n) is 11.8. The van der Waals surface area contributed by atoms with Crippen molar-refractivity contribution in [1.29, 1.82) is 0 Å². The van der Waals surface area contributed by atoms with Crippen molar-refractivity contribution in [2.45, 2.75) is 19.3 Å². The quantitative estimate of drug-likeness (QED) is 0.238. The molecule has 170 valence electrons. The molecule has 2 nitrogen and oxygen atoms in total. The smallest absolute Gasteiger partial charge is 0.193 e. The van der Waals surface area contributed by atoms with Gasteiger partial charge < -0.3 is 5.11 Å². The van der Waals surface area contributed by atoms with Crippen molar-refractivity contribution in [3.63, 3.8) is 0 Å². The average Bonchev–Trinajstić information content (AvgIpc) is 3.23. The van der Waals surface area contributed by atoms with E-state index < -0.39 is 0 Å². The van der Waals surface area contributed by atoms with Gasteiger partial charge in [0.15, 0.2) is 5.78 Å². The summed E-state index contributed by atoms with van der Waals surface area (Å²) in [4.78, 5) is 13.4. The highest BCUT2D eigenvalue weighted by Gasteiger charge is 2.31. The van der Waals surface area contributed by atoms with Crippen LogP contribution in [0.4, 0.5) is 0 Å². The lowest BCUT2D eigenvalue weighted by Gasteiger charge is -2.17. The first kappa shape index (κ1) is 21.8. The Morgan fingerprint density at radius 3 is 2.37 bits per heavy atom. The van der Waals surface area contributed by atoms with E-state index in [0.717, 1.165) is 32.8 Å². The topological polar surface area (TPSA) is 37.3 Å². The maximum Gasteiger partial charge on any atom is 0.193 e. The summed E-state index contributed by atoms with van der Waals surface area (Å²) >= 11 is 3.57. The lowest BCUT2D eigenvalue weighted by Crippen LogP contribution is -2.03. The summed E-state index contributed by atoms with van der Waals surface area (Å²) in [5, 5.41) is 12.1. The molecule has 0 radical (unpaired) electrons. The van der Waals surface area contributed by atoms with Crippen LogP contribution in [0, 0.1) is 0 Å². The fourth-order valence-corrected chi connectivity index (χ4v) is 5.88. The lowest BCUT2D eigenvalue weighted by atomic mass is 9.86. The molecule has 0 heterocycles. The van der Waals surface area contributed by atoms with Crippen molar-refractivity contribution in [2.24, 2.45) is 0 Å². The number of carbonyl (C=O) groups excluding carboxylic acids is 1. The number of phenolic OH excluding ortho intramolecular Hbond substituents is 1. The second-order valence-electron chi connectivity index (χ2n) is 9.06. The maximum atomic E-state index is 13.4. The number of benzene rings is 5. The van der Waals surface area contributed by atoms with E-state index in [0.29, 0.717) is 11.1 Å². The molecule has 1 aliphatic rings. The fourth-order valence-electron chi connectivity index (χ4n) is 5.36. The van der Waals surface area contributed by atoms with Crippen LogP contribution in [0.3, 0.4) is 0 Å². The second kappa shape index (κ2) is 8.51. The number of hydrogen-bond acceptors (Lipinski definition) is 2. The number of rotatable bonds is 4. The van der Waals surface area contributed by atoms with Gasteiger partial charge in [-0.1, -0.05) is 83.5 Å². The van der Waals surface area contributed by atoms with Crippen molar-refractivity contribution < 1.29 is 9.90 Å². The maximum absolute atomic E-state index is 13.4. The van der Waals surface area contributed by atoms with E-state index in [-0.39, 0.29) is 17.5 Å². The number of halogens is 1. The highest BCUT2D eigenvalue weighted by Crippen LogP contribution is 2.50. The van der Waals surface area contributed by atoms with E-state index in [1.54, 1.807) is 12.1 Å². The summed E-state index contributed by atoms with van der Waals surface area (Å²) in [5.74, 6) is 0.374. The number of aromatic hydroxyl groups is 1. The Hall–Kier alpha value is -3.69. The van der Waals surface area contributed by atoms with Crippen molar-refractivity contribution in [3.8, 4) is 16.9 Å². The molecule has 0 saturated carbocycles. The number of phenols is 1. The van der Waals surface area contributed by atoms with Crippen LogP contribution >= 0.6 is 15.9 Å². The Morgan fingerprint density at radius 1 is 0.829 bits per heavy atom. The Labute approximate surface area is 213 Å². The Morgan fingerprint density at radius 2 is 1.57 bits per heavy atom. The van der Waals surface area contributed by atoms with Crippen molar-refractivity contribution in [3.05, 3.63) is 135 Å². The van der Waals surface area contributed by atoms with Gasteiger partial charge in [0.25, 0.3) is 0 Å². The molecule has 1 N–H and O–H groups in total. The van der Waals surface area contributed by atoms with Gasteiger partial charge in [0.1, 0.15) is 5.75 Å². The molecule has 0 spiro atoms. The third-order valence-electron chi connectivity index (χ3n) is 7.09. The number of hydrogen-bond donors (Lipinski definition) is 1. The summed E-state index contributed by atoms with van der Waals surface area (Å²) < 4.78 is 1.03. The third-order valence-corrected chi connectivity index (χ3v) is 7.86. The van der Waals surface area contributed by atoms with E-state index in [1.165, 1.54) is 22.3 Å². The monoisotopic (exact) mass is 518 g/mol. The molecule has 0 amide bonds. The van der Waals surface area contributed by atoms with Gasteiger partial charge in [-0.05, 0) is 87.0 Å². The van der Waals surface area contributed by atoms with E-state index in [4.69, 9.17) is 0 Å². The minimum Gasteiger partial charge on any atom is -0.508 e. The minimum atomic E-state index is 0.0352.